The van der Waals surface area contributed by atoms with Crippen molar-refractivity contribution >= 4 is 5.69 Å². The van der Waals surface area contributed by atoms with Gasteiger partial charge in [-0.2, -0.15) is 0 Å². The molecule has 20 heavy (non-hydrogen) atoms. The van der Waals surface area contributed by atoms with Gasteiger partial charge in [0.2, 0.25) is 0 Å². The number of aliphatic hydroxyl groups excluding tert-OH is 1. The maximum absolute atomic E-state index is 9.32. The molecule has 2 rings (SSSR count). The summed E-state index contributed by atoms with van der Waals surface area (Å²) < 4.78 is 0. The molecule has 1 aromatic rings. The van der Waals surface area contributed by atoms with E-state index in [1.54, 1.807) is 0 Å². The molecule has 0 radical (unpaired) electrons. The van der Waals surface area contributed by atoms with Gasteiger partial charge in [-0.25, -0.2) is 0 Å². The first-order valence-electron chi connectivity index (χ1n) is 7.41. The normalized spacial score (nSPS) is 17.1. The van der Waals surface area contributed by atoms with Crippen molar-refractivity contribution in [3.05, 3.63) is 24.0 Å². The number of anilines is 1. The van der Waals surface area contributed by atoms with Crippen LogP contribution in [-0.4, -0.2) is 40.9 Å². The quantitative estimate of drug-likeness (QED) is 0.836. The van der Waals surface area contributed by atoms with E-state index >= 15 is 0 Å². The van der Waals surface area contributed by atoms with Gasteiger partial charge in [0.1, 0.15) is 0 Å². The molecule has 0 atom stereocenters. The van der Waals surface area contributed by atoms with Crippen LogP contribution < -0.4 is 10.2 Å². The van der Waals surface area contributed by atoms with Crippen LogP contribution in [0, 0.1) is 6.92 Å². The second kappa shape index (κ2) is 5.70. The first-order valence-corrected chi connectivity index (χ1v) is 7.41. The second-order valence-electron chi connectivity index (χ2n) is 6.96. The van der Waals surface area contributed by atoms with E-state index in [0.717, 1.165) is 17.9 Å². The number of nitrogens with one attached hydrogen (secondary N) is 1. The SMILES string of the molecule is Cc1ccc(N(CCO)CC2(NC(C)(C)C)CC2)cn1. The minimum atomic E-state index is 0.118. The van der Waals surface area contributed by atoms with E-state index in [4.69, 9.17) is 0 Å². The molecule has 2 N–H and O–H groups in total. The maximum Gasteiger partial charge on any atom is 0.0606 e. The third-order valence-corrected chi connectivity index (χ3v) is 3.62. The van der Waals surface area contributed by atoms with Crippen LogP contribution in [0.5, 0.6) is 0 Å². The summed E-state index contributed by atoms with van der Waals surface area (Å²) in [5.41, 5.74) is 2.42. The zero-order valence-electron chi connectivity index (χ0n) is 13.1. The minimum absolute atomic E-state index is 0.118. The van der Waals surface area contributed by atoms with Gasteiger partial charge in [-0.1, -0.05) is 0 Å². The predicted molar refractivity (Wildman–Crippen MR) is 83.1 cm³/mol. The van der Waals surface area contributed by atoms with Gasteiger partial charge in [-0.3, -0.25) is 4.98 Å². The van der Waals surface area contributed by atoms with E-state index in [1.807, 2.05) is 19.2 Å². The topological polar surface area (TPSA) is 48.4 Å². The van der Waals surface area contributed by atoms with Gasteiger partial charge in [0.15, 0.2) is 0 Å². The summed E-state index contributed by atoms with van der Waals surface area (Å²) in [6.07, 6.45) is 4.30. The Morgan fingerprint density at radius 2 is 2.05 bits per heavy atom. The van der Waals surface area contributed by atoms with Crippen molar-refractivity contribution in [2.45, 2.75) is 51.6 Å². The predicted octanol–water partition coefficient (Wildman–Crippen LogP) is 2.11. The van der Waals surface area contributed by atoms with Crippen molar-refractivity contribution in [1.29, 1.82) is 0 Å². The smallest absolute Gasteiger partial charge is 0.0606 e. The average molecular weight is 277 g/mol. The van der Waals surface area contributed by atoms with Crippen LogP contribution in [0.15, 0.2) is 18.3 Å². The van der Waals surface area contributed by atoms with Crippen molar-refractivity contribution in [2.75, 3.05) is 24.6 Å². The van der Waals surface area contributed by atoms with Gasteiger partial charge < -0.3 is 15.3 Å². The van der Waals surface area contributed by atoms with Crippen LogP contribution in [0.1, 0.15) is 39.3 Å². The summed E-state index contributed by atoms with van der Waals surface area (Å²) >= 11 is 0. The molecule has 1 heterocycles. The summed E-state index contributed by atoms with van der Waals surface area (Å²) in [5, 5.41) is 13.1. The molecule has 1 aliphatic carbocycles. The third-order valence-electron chi connectivity index (χ3n) is 3.62. The van der Waals surface area contributed by atoms with Crippen molar-refractivity contribution in [1.82, 2.24) is 10.3 Å². The van der Waals surface area contributed by atoms with Crippen molar-refractivity contribution in [2.24, 2.45) is 0 Å². The Morgan fingerprint density at radius 3 is 2.50 bits per heavy atom. The van der Waals surface area contributed by atoms with Crippen molar-refractivity contribution in [3.8, 4) is 0 Å². The molecular weight excluding hydrogens is 250 g/mol. The average Bonchev–Trinajstić information content (AvgIpc) is 3.07. The van der Waals surface area contributed by atoms with Crippen LogP contribution in [0.4, 0.5) is 5.69 Å². The lowest BCUT2D eigenvalue weighted by atomic mass is 10.1. The number of rotatable bonds is 6. The Balaban J connectivity index is 2.08. The van der Waals surface area contributed by atoms with Gasteiger partial charge in [-0.05, 0) is 52.7 Å². The highest BCUT2D eigenvalue weighted by atomic mass is 16.3. The van der Waals surface area contributed by atoms with Crippen LogP contribution in [0.2, 0.25) is 0 Å². The highest BCUT2D eigenvalue weighted by molar-refractivity contribution is 5.45. The highest BCUT2D eigenvalue weighted by Crippen LogP contribution is 2.38. The van der Waals surface area contributed by atoms with Crippen LogP contribution in [0.25, 0.3) is 0 Å². The Bertz CT molecular complexity index is 432. The third kappa shape index (κ3) is 4.18. The summed E-state index contributed by atoms with van der Waals surface area (Å²) in [6.45, 7) is 10.3. The first kappa shape index (κ1) is 15.3. The fourth-order valence-electron chi connectivity index (χ4n) is 2.70. The molecule has 0 spiro atoms. The van der Waals surface area contributed by atoms with E-state index < -0.39 is 0 Å². The number of aromatic nitrogens is 1. The maximum atomic E-state index is 9.32. The van der Waals surface area contributed by atoms with Crippen LogP contribution >= 0.6 is 0 Å². The Morgan fingerprint density at radius 1 is 1.35 bits per heavy atom. The number of hydrogen-bond acceptors (Lipinski definition) is 4. The standard InChI is InChI=1S/C16H27N3O/c1-13-5-6-14(11-17-13)19(9-10-20)12-16(7-8-16)18-15(2,3)4/h5-6,11,18,20H,7-10,12H2,1-4H3. The zero-order chi connectivity index (χ0) is 14.8. The van der Waals surface area contributed by atoms with E-state index in [0.29, 0.717) is 6.54 Å². The van der Waals surface area contributed by atoms with Gasteiger partial charge in [0.05, 0.1) is 18.5 Å². The molecule has 4 nitrogen and oxygen atoms in total. The molecule has 1 aliphatic rings. The molecule has 0 saturated heterocycles. The molecule has 0 unspecified atom stereocenters. The number of nitrogens with zero attached hydrogens (tertiary/aromatic N) is 2. The molecule has 1 fully saturated rings. The number of aliphatic hydroxyl groups is 1. The minimum Gasteiger partial charge on any atom is -0.395 e. The summed E-state index contributed by atoms with van der Waals surface area (Å²) in [7, 11) is 0. The van der Waals surface area contributed by atoms with E-state index in [2.05, 4.69) is 42.0 Å². The van der Waals surface area contributed by atoms with Crippen molar-refractivity contribution in [3.63, 3.8) is 0 Å². The zero-order valence-corrected chi connectivity index (χ0v) is 13.1. The molecule has 4 heteroatoms. The Kier molecular flexibility index (Phi) is 4.35. The Hall–Kier alpha value is -1.13. The largest absolute Gasteiger partial charge is 0.395 e. The summed E-state index contributed by atoms with van der Waals surface area (Å²) in [5.74, 6) is 0. The van der Waals surface area contributed by atoms with Crippen LogP contribution in [0.3, 0.4) is 0 Å². The molecular formula is C16H27N3O. The summed E-state index contributed by atoms with van der Waals surface area (Å²) in [6, 6.07) is 4.11. The fraction of sp³-hybridized carbons (Fsp3) is 0.688. The summed E-state index contributed by atoms with van der Waals surface area (Å²) in [4.78, 5) is 6.60. The molecule has 0 bridgehead atoms. The monoisotopic (exact) mass is 277 g/mol. The lowest BCUT2D eigenvalue weighted by Crippen LogP contribution is -2.51. The van der Waals surface area contributed by atoms with Gasteiger partial charge in [-0.15, -0.1) is 0 Å². The van der Waals surface area contributed by atoms with Gasteiger partial charge in [0.25, 0.3) is 0 Å². The lowest BCUT2D eigenvalue weighted by molar-refractivity contribution is 0.293. The van der Waals surface area contributed by atoms with Crippen molar-refractivity contribution < 1.29 is 5.11 Å². The van der Waals surface area contributed by atoms with Gasteiger partial charge >= 0.3 is 0 Å². The molecule has 112 valence electrons. The second-order valence-corrected chi connectivity index (χ2v) is 6.96. The fourth-order valence-corrected chi connectivity index (χ4v) is 2.70. The van der Waals surface area contributed by atoms with E-state index in [9.17, 15) is 5.11 Å². The Labute approximate surface area is 122 Å². The number of hydrogen-bond donors (Lipinski definition) is 2. The molecule has 0 aromatic carbocycles. The first-order chi connectivity index (χ1) is 9.34. The molecule has 0 amide bonds. The van der Waals surface area contributed by atoms with Gasteiger partial charge in [0, 0.05) is 29.9 Å². The van der Waals surface area contributed by atoms with E-state index in [-0.39, 0.29) is 17.7 Å². The molecule has 1 saturated carbocycles. The number of pyridine rings is 1. The lowest BCUT2D eigenvalue weighted by Gasteiger charge is -2.34. The van der Waals surface area contributed by atoms with E-state index in [1.165, 1.54) is 12.8 Å². The number of aryl methyl sites for hydroxylation is 1. The molecule has 0 aliphatic heterocycles. The van der Waals surface area contributed by atoms with Crippen LogP contribution in [-0.2, 0) is 0 Å². The molecule has 1 aromatic heterocycles. The highest BCUT2D eigenvalue weighted by Gasteiger charge is 2.45.